The molecule has 1 aromatic carbocycles. The number of nitrogens with one attached hydrogen (secondary N) is 1. The Morgan fingerprint density at radius 2 is 1.95 bits per heavy atom. The Bertz CT molecular complexity index is 532. The van der Waals surface area contributed by atoms with Crippen molar-refractivity contribution >= 4 is 10.0 Å². The third-order valence-electron chi connectivity index (χ3n) is 2.84. The highest BCUT2D eigenvalue weighted by Crippen LogP contribution is 2.10. The number of nitriles is 1. The maximum Gasteiger partial charge on any atom is 0.240 e. The molecule has 0 heterocycles. The highest BCUT2D eigenvalue weighted by molar-refractivity contribution is 7.89. The van der Waals surface area contributed by atoms with Gasteiger partial charge in [0.1, 0.15) is 0 Å². The summed E-state index contributed by atoms with van der Waals surface area (Å²) in [4.78, 5) is 2.26. The molecule has 0 aliphatic carbocycles. The number of hydrogen-bond donors (Lipinski definition) is 1. The van der Waals surface area contributed by atoms with Gasteiger partial charge in [-0.2, -0.15) is 5.26 Å². The Hall–Kier alpha value is -1.42. The molecular weight excluding hydrogens is 262 g/mol. The smallest absolute Gasteiger partial charge is 0.240 e. The number of hydrogen-bond acceptors (Lipinski definition) is 4. The summed E-state index contributed by atoms with van der Waals surface area (Å²) in [5, 5.41) is 8.56. The first-order chi connectivity index (χ1) is 8.99. The van der Waals surface area contributed by atoms with Gasteiger partial charge in [0, 0.05) is 13.1 Å². The molecule has 5 nitrogen and oxygen atoms in total. The molecule has 0 amide bonds. The third kappa shape index (κ3) is 4.99. The molecule has 0 fully saturated rings. The van der Waals surface area contributed by atoms with E-state index in [0.29, 0.717) is 13.1 Å². The van der Waals surface area contributed by atoms with Crippen LogP contribution < -0.4 is 4.72 Å². The van der Waals surface area contributed by atoms with E-state index < -0.39 is 10.0 Å². The fourth-order valence-electron chi connectivity index (χ4n) is 1.49. The molecule has 0 bridgehead atoms. The summed E-state index contributed by atoms with van der Waals surface area (Å²) in [5.74, 6) is 0. The minimum Gasteiger partial charge on any atom is -0.305 e. The van der Waals surface area contributed by atoms with Gasteiger partial charge in [0.15, 0.2) is 0 Å². The maximum absolute atomic E-state index is 12.0. The van der Waals surface area contributed by atoms with E-state index in [2.05, 4.69) is 4.72 Å². The zero-order valence-corrected chi connectivity index (χ0v) is 12.1. The Morgan fingerprint density at radius 1 is 1.32 bits per heavy atom. The third-order valence-corrected chi connectivity index (χ3v) is 4.32. The minimum atomic E-state index is -3.46. The van der Waals surface area contributed by atoms with Gasteiger partial charge in [0.2, 0.25) is 10.0 Å². The Morgan fingerprint density at radius 3 is 2.47 bits per heavy atom. The van der Waals surface area contributed by atoms with E-state index in [9.17, 15) is 8.42 Å². The average molecular weight is 281 g/mol. The number of sulfonamides is 1. The topological polar surface area (TPSA) is 73.2 Å². The molecule has 0 aliphatic heterocycles. The van der Waals surface area contributed by atoms with Gasteiger partial charge in [0.05, 0.1) is 17.4 Å². The summed E-state index contributed by atoms with van der Waals surface area (Å²) < 4.78 is 26.5. The molecule has 1 rings (SSSR count). The second-order valence-corrected chi connectivity index (χ2v) is 6.04. The molecule has 104 valence electrons. The molecule has 6 heteroatoms. The maximum atomic E-state index is 12.0. The SMILES string of the molecule is CCN(C)CCNS(=O)(=O)c1ccc(CC#N)cc1. The normalized spacial score (nSPS) is 11.5. The summed E-state index contributed by atoms with van der Waals surface area (Å²) >= 11 is 0. The van der Waals surface area contributed by atoms with Crippen LogP contribution in [0.1, 0.15) is 12.5 Å². The van der Waals surface area contributed by atoms with Gasteiger partial charge >= 0.3 is 0 Å². The fraction of sp³-hybridized carbons (Fsp3) is 0.462. The van der Waals surface area contributed by atoms with E-state index in [0.717, 1.165) is 12.1 Å². The highest BCUT2D eigenvalue weighted by Gasteiger charge is 2.13. The summed E-state index contributed by atoms with van der Waals surface area (Å²) in [6, 6.07) is 8.40. The fourth-order valence-corrected chi connectivity index (χ4v) is 2.51. The van der Waals surface area contributed by atoms with Crippen molar-refractivity contribution in [3.63, 3.8) is 0 Å². The van der Waals surface area contributed by atoms with Gasteiger partial charge in [-0.3, -0.25) is 0 Å². The molecule has 0 radical (unpaired) electrons. The van der Waals surface area contributed by atoms with Crippen LogP contribution in [0.4, 0.5) is 0 Å². The zero-order chi connectivity index (χ0) is 14.3. The van der Waals surface area contributed by atoms with Gasteiger partial charge in [-0.05, 0) is 31.3 Å². The first kappa shape index (κ1) is 15.6. The van der Waals surface area contributed by atoms with Crippen LogP contribution in [-0.2, 0) is 16.4 Å². The lowest BCUT2D eigenvalue weighted by atomic mass is 10.2. The lowest BCUT2D eigenvalue weighted by Gasteiger charge is -2.14. The standard InChI is InChI=1S/C13H19N3O2S/c1-3-16(2)11-10-15-19(17,18)13-6-4-12(5-7-13)8-9-14/h4-7,15H,3,8,10-11H2,1-2H3. The van der Waals surface area contributed by atoms with Crippen molar-refractivity contribution in [1.82, 2.24) is 9.62 Å². The van der Waals surface area contributed by atoms with Crippen molar-refractivity contribution in [1.29, 1.82) is 5.26 Å². The van der Waals surface area contributed by atoms with Crippen molar-refractivity contribution in [2.45, 2.75) is 18.2 Å². The predicted octanol–water partition coefficient (Wildman–Crippen LogP) is 0.983. The Kier molecular flexibility index (Phi) is 5.96. The first-order valence-corrected chi connectivity index (χ1v) is 7.62. The average Bonchev–Trinajstić information content (AvgIpc) is 2.39. The van der Waals surface area contributed by atoms with Crippen LogP contribution >= 0.6 is 0 Å². The van der Waals surface area contributed by atoms with E-state index in [4.69, 9.17) is 5.26 Å². The zero-order valence-electron chi connectivity index (χ0n) is 11.3. The summed E-state index contributed by atoms with van der Waals surface area (Å²) in [6.07, 6.45) is 0.287. The largest absolute Gasteiger partial charge is 0.305 e. The van der Waals surface area contributed by atoms with Crippen LogP contribution in [0.25, 0.3) is 0 Å². The van der Waals surface area contributed by atoms with E-state index in [1.807, 2.05) is 24.9 Å². The van der Waals surface area contributed by atoms with E-state index >= 15 is 0 Å². The number of nitrogens with zero attached hydrogens (tertiary/aromatic N) is 2. The van der Waals surface area contributed by atoms with Gasteiger partial charge in [-0.1, -0.05) is 19.1 Å². The van der Waals surface area contributed by atoms with Crippen molar-refractivity contribution in [3.8, 4) is 6.07 Å². The van der Waals surface area contributed by atoms with Crippen LogP contribution in [0.15, 0.2) is 29.2 Å². The van der Waals surface area contributed by atoms with Crippen LogP contribution in [0.2, 0.25) is 0 Å². The van der Waals surface area contributed by atoms with E-state index in [1.54, 1.807) is 12.1 Å². The molecule has 0 aliphatic rings. The van der Waals surface area contributed by atoms with Gasteiger partial charge in [-0.25, -0.2) is 13.1 Å². The molecule has 0 aromatic heterocycles. The molecule has 1 aromatic rings. The second kappa shape index (κ2) is 7.24. The van der Waals surface area contributed by atoms with Crippen LogP contribution in [0.3, 0.4) is 0 Å². The molecule has 1 N–H and O–H groups in total. The van der Waals surface area contributed by atoms with Crippen molar-refractivity contribution in [2.24, 2.45) is 0 Å². The summed E-state index contributed by atoms with van der Waals surface area (Å²) in [7, 11) is -1.52. The predicted molar refractivity (Wildman–Crippen MR) is 74.1 cm³/mol. The highest BCUT2D eigenvalue weighted by atomic mass is 32.2. The monoisotopic (exact) mass is 281 g/mol. The molecular formula is C13H19N3O2S. The van der Waals surface area contributed by atoms with Crippen LogP contribution in [-0.4, -0.2) is 40.0 Å². The summed E-state index contributed by atoms with van der Waals surface area (Å²) in [6.45, 7) is 3.95. The quantitative estimate of drug-likeness (QED) is 0.808. The number of likely N-dealkylation sites (N-methyl/N-ethyl adjacent to an activating group) is 1. The van der Waals surface area contributed by atoms with Gasteiger partial charge < -0.3 is 4.90 Å². The minimum absolute atomic E-state index is 0.230. The van der Waals surface area contributed by atoms with Crippen LogP contribution in [0, 0.1) is 11.3 Å². The van der Waals surface area contributed by atoms with Crippen molar-refractivity contribution in [3.05, 3.63) is 29.8 Å². The lowest BCUT2D eigenvalue weighted by Crippen LogP contribution is -2.32. The van der Waals surface area contributed by atoms with Gasteiger partial charge in [0.25, 0.3) is 0 Å². The van der Waals surface area contributed by atoms with Crippen molar-refractivity contribution in [2.75, 3.05) is 26.7 Å². The summed E-state index contributed by atoms with van der Waals surface area (Å²) in [5.41, 5.74) is 0.812. The Balaban J connectivity index is 2.64. The molecule has 0 spiro atoms. The molecule has 0 saturated carbocycles. The van der Waals surface area contributed by atoms with Gasteiger partial charge in [-0.15, -0.1) is 0 Å². The first-order valence-electron chi connectivity index (χ1n) is 6.13. The number of benzene rings is 1. The van der Waals surface area contributed by atoms with E-state index in [-0.39, 0.29) is 11.3 Å². The van der Waals surface area contributed by atoms with Crippen molar-refractivity contribution < 1.29 is 8.42 Å². The van der Waals surface area contributed by atoms with E-state index in [1.165, 1.54) is 12.1 Å². The number of rotatable bonds is 7. The molecule has 0 atom stereocenters. The molecule has 19 heavy (non-hydrogen) atoms. The lowest BCUT2D eigenvalue weighted by molar-refractivity contribution is 0.358. The Labute approximate surface area is 114 Å². The molecule has 0 unspecified atom stereocenters. The molecule has 0 saturated heterocycles. The van der Waals surface area contributed by atoms with Crippen LogP contribution in [0.5, 0.6) is 0 Å². The second-order valence-electron chi connectivity index (χ2n) is 4.27.